The molecule has 160 valence electrons. The molecule has 2 aliphatic rings. The highest BCUT2D eigenvalue weighted by atomic mass is 32.2. The van der Waals surface area contributed by atoms with Crippen LogP contribution in [0.3, 0.4) is 0 Å². The molecule has 2 aliphatic heterocycles. The Morgan fingerprint density at radius 3 is 2.62 bits per heavy atom. The first-order valence-corrected chi connectivity index (χ1v) is 11.4. The summed E-state index contributed by atoms with van der Waals surface area (Å²) in [5, 5.41) is 0. The van der Waals surface area contributed by atoms with Crippen molar-refractivity contribution in [3.05, 3.63) is 23.8 Å². The molecule has 3 N–H and O–H groups in total. The van der Waals surface area contributed by atoms with Gasteiger partial charge in [0.2, 0.25) is 15.9 Å². The van der Waals surface area contributed by atoms with Crippen LogP contribution in [0.1, 0.15) is 25.3 Å². The van der Waals surface area contributed by atoms with Crippen molar-refractivity contribution >= 4 is 27.5 Å². The molecule has 29 heavy (non-hydrogen) atoms. The number of nitrogens with one attached hydrogen (secondary N) is 1. The van der Waals surface area contributed by atoms with E-state index in [1.807, 2.05) is 6.92 Å². The minimum absolute atomic E-state index is 0.0298. The fraction of sp³-hybridized carbons (Fsp3) is 0.579. The molecule has 2 saturated heterocycles. The Kier molecular flexibility index (Phi) is 6.89. The molecule has 0 bridgehead atoms. The minimum Gasteiger partial charge on any atom is -0.370 e. The Bertz CT molecular complexity index is 867. The largest absolute Gasteiger partial charge is 0.370 e. The van der Waals surface area contributed by atoms with Crippen molar-refractivity contribution < 1.29 is 22.7 Å². The van der Waals surface area contributed by atoms with Gasteiger partial charge in [-0.15, -0.1) is 0 Å². The zero-order valence-electron chi connectivity index (χ0n) is 16.6. The Labute approximate surface area is 171 Å². The second kappa shape index (κ2) is 9.21. The number of nitrogens with zero attached hydrogens (tertiary/aromatic N) is 2. The van der Waals surface area contributed by atoms with Crippen molar-refractivity contribution in [1.82, 2.24) is 9.62 Å². The normalized spacial score (nSPS) is 18.9. The van der Waals surface area contributed by atoms with Crippen molar-refractivity contribution in [1.29, 1.82) is 0 Å². The molecule has 2 amide bonds. The Hall–Kier alpha value is -2.01. The van der Waals surface area contributed by atoms with E-state index in [9.17, 15) is 18.0 Å². The van der Waals surface area contributed by atoms with Crippen LogP contribution in [-0.2, 0) is 30.8 Å². The third kappa shape index (κ3) is 4.61. The summed E-state index contributed by atoms with van der Waals surface area (Å²) in [6, 6.07) is 3.81. The molecule has 2 fully saturated rings. The predicted octanol–water partition coefficient (Wildman–Crippen LogP) is -0.160. The van der Waals surface area contributed by atoms with Gasteiger partial charge in [-0.3, -0.25) is 9.59 Å². The number of amides is 2. The first-order valence-electron chi connectivity index (χ1n) is 9.90. The first-order chi connectivity index (χ1) is 13.9. The van der Waals surface area contributed by atoms with Crippen molar-refractivity contribution in [3.8, 4) is 0 Å². The SMILES string of the molecule is CCc1c(N2CCOCC2=O)cccc1S(=O)(=O)N[C@@H](CN)C(=O)N1CCCC1. The fourth-order valence-electron chi connectivity index (χ4n) is 3.79. The number of morpholine rings is 1. The Balaban J connectivity index is 1.90. The van der Waals surface area contributed by atoms with E-state index in [2.05, 4.69) is 4.72 Å². The van der Waals surface area contributed by atoms with Gasteiger partial charge in [0.15, 0.2) is 0 Å². The molecule has 1 aromatic carbocycles. The van der Waals surface area contributed by atoms with Gasteiger partial charge >= 0.3 is 0 Å². The lowest BCUT2D eigenvalue weighted by atomic mass is 10.1. The van der Waals surface area contributed by atoms with Gasteiger partial charge in [-0.25, -0.2) is 8.42 Å². The van der Waals surface area contributed by atoms with E-state index < -0.39 is 16.1 Å². The summed E-state index contributed by atoms with van der Waals surface area (Å²) in [6.45, 7) is 3.66. The predicted molar refractivity (Wildman–Crippen MR) is 108 cm³/mol. The van der Waals surface area contributed by atoms with E-state index >= 15 is 0 Å². The second-order valence-electron chi connectivity index (χ2n) is 7.15. The first kappa shape index (κ1) is 21.7. The second-order valence-corrected chi connectivity index (χ2v) is 8.83. The average molecular weight is 425 g/mol. The van der Waals surface area contributed by atoms with Crippen LogP contribution in [0, 0.1) is 0 Å². The molecule has 3 rings (SSSR count). The summed E-state index contributed by atoms with van der Waals surface area (Å²) >= 11 is 0. The van der Waals surface area contributed by atoms with E-state index in [1.165, 1.54) is 6.07 Å². The zero-order chi connectivity index (χ0) is 21.0. The highest BCUT2D eigenvalue weighted by Crippen LogP contribution is 2.29. The van der Waals surface area contributed by atoms with Crippen molar-refractivity contribution in [2.24, 2.45) is 5.73 Å². The summed E-state index contributed by atoms with van der Waals surface area (Å²) in [5.74, 6) is -0.511. The summed E-state index contributed by atoms with van der Waals surface area (Å²) in [7, 11) is -4.01. The highest BCUT2D eigenvalue weighted by Gasteiger charge is 2.32. The van der Waals surface area contributed by atoms with Crippen LogP contribution in [0.15, 0.2) is 23.1 Å². The third-order valence-electron chi connectivity index (χ3n) is 5.28. The molecule has 2 heterocycles. The molecule has 0 radical (unpaired) electrons. The number of hydrogen-bond donors (Lipinski definition) is 2. The van der Waals surface area contributed by atoms with Crippen molar-refractivity contribution in [3.63, 3.8) is 0 Å². The van der Waals surface area contributed by atoms with Gasteiger partial charge < -0.3 is 20.3 Å². The van der Waals surface area contributed by atoms with Crippen LogP contribution < -0.4 is 15.4 Å². The van der Waals surface area contributed by atoms with Gasteiger partial charge in [-0.1, -0.05) is 13.0 Å². The standard InChI is InChI=1S/C19H28N4O5S/c1-2-14-16(23-10-11-28-13-18(23)24)6-5-7-17(14)29(26,27)21-15(12-20)19(25)22-8-3-4-9-22/h5-7,15,21H,2-4,8-13,20H2,1H3/t15-/m0/s1. The van der Waals surface area contributed by atoms with E-state index in [0.717, 1.165) is 12.8 Å². The maximum Gasteiger partial charge on any atom is 0.253 e. The molecule has 0 unspecified atom stereocenters. The number of ether oxygens (including phenoxy) is 1. The van der Waals surface area contributed by atoms with Crippen LogP contribution in [0.2, 0.25) is 0 Å². The smallest absolute Gasteiger partial charge is 0.253 e. The molecule has 0 saturated carbocycles. The molecule has 0 aliphatic carbocycles. The number of carbonyl (C=O) groups is 2. The highest BCUT2D eigenvalue weighted by molar-refractivity contribution is 7.89. The zero-order valence-corrected chi connectivity index (χ0v) is 17.4. The molecular formula is C19H28N4O5S. The quantitative estimate of drug-likeness (QED) is 0.627. The summed E-state index contributed by atoms with van der Waals surface area (Å²) in [4.78, 5) is 28.2. The lowest BCUT2D eigenvalue weighted by Crippen LogP contribution is -2.51. The molecule has 10 heteroatoms. The number of rotatable bonds is 7. The van der Waals surface area contributed by atoms with Crippen molar-refractivity contribution in [2.45, 2.75) is 37.1 Å². The van der Waals surface area contributed by atoms with Crippen LogP contribution >= 0.6 is 0 Å². The molecular weight excluding hydrogens is 396 g/mol. The van der Waals surface area contributed by atoms with Gasteiger partial charge in [-0.2, -0.15) is 4.72 Å². The van der Waals surface area contributed by atoms with Crippen LogP contribution in [0.5, 0.6) is 0 Å². The number of hydrogen-bond acceptors (Lipinski definition) is 6. The summed E-state index contributed by atoms with van der Waals surface area (Å²) in [6.07, 6.45) is 2.22. The summed E-state index contributed by atoms with van der Waals surface area (Å²) in [5.41, 5.74) is 6.80. The Morgan fingerprint density at radius 2 is 2.00 bits per heavy atom. The van der Waals surface area contributed by atoms with Gasteiger partial charge in [0.1, 0.15) is 12.6 Å². The number of carbonyl (C=O) groups excluding carboxylic acids is 2. The molecule has 1 aromatic rings. The summed E-state index contributed by atoms with van der Waals surface area (Å²) < 4.78 is 34.0. The van der Waals surface area contributed by atoms with Gasteiger partial charge in [0.05, 0.1) is 11.5 Å². The maximum atomic E-state index is 13.2. The molecule has 1 atom stereocenters. The average Bonchev–Trinajstić information content (AvgIpc) is 3.26. The van der Waals surface area contributed by atoms with Crippen LogP contribution in [-0.4, -0.2) is 70.6 Å². The van der Waals surface area contributed by atoms with E-state index in [0.29, 0.717) is 43.9 Å². The van der Waals surface area contributed by atoms with Gasteiger partial charge in [0.25, 0.3) is 5.91 Å². The number of sulfonamides is 1. The maximum absolute atomic E-state index is 13.2. The van der Waals surface area contributed by atoms with E-state index in [1.54, 1.807) is 21.9 Å². The molecule has 0 spiro atoms. The lowest BCUT2D eigenvalue weighted by molar-refractivity contribution is -0.131. The van der Waals surface area contributed by atoms with Gasteiger partial charge in [-0.05, 0) is 37.0 Å². The van der Waals surface area contributed by atoms with Crippen molar-refractivity contribution in [2.75, 3.05) is 44.3 Å². The third-order valence-corrected chi connectivity index (χ3v) is 6.83. The van der Waals surface area contributed by atoms with Gasteiger partial charge in [0, 0.05) is 31.9 Å². The molecule has 9 nitrogen and oxygen atoms in total. The topological polar surface area (TPSA) is 122 Å². The number of nitrogens with two attached hydrogens (primary N) is 1. The minimum atomic E-state index is -4.01. The number of likely N-dealkylation sites (tertiary alicyclic amines) is 1. The monoisotopic (exact) mass is 424 g/mol. The van der Waals surface area contributed by atoms with Crippen LogP contribution in [0.4, 0.5) is 5.69 Å². The van der Waals surface area contributed by atoms with E-state index in [-0.39, 0.29) is 29.9 Å². The molecule has 0 aromatic heterocycles. The lowest BCUT2D eigenvalue weighted by Gasteiger charge is -2.29. The number of benzene rings is 1. The van der Waals surface area contributed by atoms with E-state index in [4.69, 9.17) is 10.5 Å². The van der Waals surface area contributed by atoms with Crippen LogP contribution in [0.25, 0.3) is 0 Å². The Morgan fingerprint density at radius 1 is 1.28 bits per heavy atom. The fourth-order valence-corrected chi connectivity index (χ4v) is 5.32. The number of anilines is 1.